The van der Waals surface area contributed by atoms with Gasteiger partial charge >= 0.3 is 11.9 Å². The number of ether oxygens (including phenoxy) is 2. The number of carbonyl (C=O) groups is 2. The predicted molar refractivity (Wildman–Crippen MR) is 190 cm³/mol. The maximum absolute atomic E-state index is 12.0. The Labute approximate surface area is 276 Å². The summed E-state index contributed by atoms with van der Waals surface area (Å²) in [7, 11) is -1.13. The lowest BCUT2D eigenvalue weighted by atomic mass is 9.83. The molecule has 4 rings (SSSR count). The van der Waals surface area contributed by atoms with Gasteiger partial charge < -0.3 is 14.6 Å². The van der Waals surface area contributed by atoms with Crippen molar-refractivity contribution in [3.63, 3.8) is 0 Å². The van der Waals surface area contributed by atoms with E-state index in [1.165, 1.54) is 55.7 Å². The number of phenolic OH excluding ortho intramolecular Hbond substituents is 1. The molecule has 0 bridgehead atoms. The van der Waals surface area contributed by atoms with Crippen molar-refractivity contribution in [2.24, 2.45) is 0 Å². The molecule has 1 fully saturated rings. The molecule has 1 saturated carbocycles. The van der Waals surface area contributed by atoms with Gasteiger partial charge in [0, 0.05) is 22.3 Å². The van der Waals surface area contributed by atoms with Crippen molar-refractivity contribution >= 4 is 20.0 Å². The smallest absolute Gasteiger partial charge is 0.333 e. The van der Waals surface area contributed by atoms with Gasteiger partial charge in [-0.1, -0.05) is 113 Å². The van der Waals surface area contributed by atoms with Crippen molar-refractivity contribution in [3.8, 4) is 28.0 Å². The summed E-state index contributed by atoms with van der Waals surface area (Å²) in [5.74, 6) is -0.515. The maximum atomic E-state index is 12.0. The molecule has 0 saturated heterocycles. The Balaban J connectivity index is 1.48. The number of hydrogen-bond donors (Lipinski definition) is 1. The zero-order valence-electron chi connectivity index (χ0n) is 28.3. The molecule has 0 radical (unpaired) electrons. The monoisotopic (exact) mass is 638 g/mol. The molecule has 0 atom stereocenters. The van der Waals surface area contributed by atoms with Gasteiger partial charge in [0.2, 0.25) is 0 Å². The van der Waals surface area contributed by atoms with Gasteiger partial charge in [0.15, 0.2) is 0 Å². The van der Waals surface area contributed by atoms with Crippen LogP contribution in [0.5, 0.6) is 5.75 Å². The van der Waals surface area contributed by atoms with E-state index in [0.29, 0.717) is 17.0 Å². The first-order valence-electron chi connectivity index (χ1n) is 16.6. The van der Waals surface area contributed by atoms with Crippen LogP contribution in [0, 0.1) is 0 Å². The van der Waals surface area contributed by atoms with Gasteiger partial charge in [-0.25, -0.2) is 9.59 Å². The number of rotatable bonds is 13. The Morgan fingerprint density at radius 2 is 1.20 bits per heavy atom. The zero-order chi connectivity index (χ0) is 33.4. The highest BCUT2D eigenvalue weighted by Gasteiger charge is 2.34. The zero-order valence-corrected chi connectivity index (χ0v) is 29.3. The Morgan fingerprint density at radius 1 is 0.761 bits per heavy atom. The fourth-order valence-electron chi connectivity index (χ4n) is 6.53. The molecule has 3 aromatic carbocycles. The number of carbonyl (C=O) groups excluding carboxylic acids is 2. The minimum absolute atomic E-state index is 0.0831. The molecule has 0 aliphatic heterocycles. The average molecular weight is 639 g/mol. The second-order valence-corrected chi connectivity index (χ2v) is 19.0. The van der Waals surface area contributed by atoms with E-state index in [2.05, 4.69) is 69.6 Å². The van der Waals surface area contributed by atoms with Crippen molar-refractivity contribution in [2.45, 2.75) is 103 Å². The number of unbranched alkanes of at least 4 members (excludes halogenated alkanes) is 1. The van der Waals surface area contributed by atoms with Crippen LogP contribution in [0.3, 0.4) is 0 Å². The van der Waals surface area contributed by atoms with E-state index >= 15 is 0 Å². The van der Waals surface area contributed by atoms with Crippen LogP contribution in [-0.4, -0.2) is 25.1 Å². The molecule has 46 heavy (non-hydrogen) atoms. The fourth-order valence-corrected chi connectivity index (χ4v) is 10.1. The second-order valence-electron chi connectivity index (χ2n) is 13.7. The minimum atomic E-state index is -1.13. The Morgan fingerprint density at radius 3 is 1.63 bits per heavy atom. The maximum Gasteiger partial charge on any atom is 0.333 e. The number of hydrogen-bond acceptors (Lipinski definition) is 5. The van der Waals surface area contributed by atoms with Gasteiger partial charge in [0.1, 0.15) is 19.0 Å². The molecule has 0 unspecified atom stereocenters. The van der Waals surface area contributed by atoms with Crippen LogP contribution >= 0.6 is 0 Å². The molecule has 244 valence electrons. The highest BCUT2D eigenvalue weighted by atomic mass is 28.3. The minimum Gasteiger partial charge on any atom is -0.507 e. The third-order valence-corrected chi connectivity index (χ3v) is 14.1. The van der Waals surface area contributed by atoms with Crippen LogP contribution in [0.4, 0.5) is 0 Å². The molecule has 1 aliphatic carbocycles. The van der Waals surface area contributed by atoms with Gasteiger partial charge in [-0.15, -0.1) is 0 Å². The lowest BCUT2D eigenvalue weighted by molar-refractivity contribution is -0.140. The van der Waals surface area contributed by atoms with Crippen LogP contribution in [0.25, 0.3) is 22.3 Å². The fraction of sp³-hybridized carbons (Fsp3) is 0.400. The summed E-state index contributed by atoms with van der Waals surface area (Å²) < 4.78 is 10.7. The molecule has 0 aromatic heterocycles. The molecule has 3 aromatic rings. The summed E-state index contributed by atoms with van der Waals surface area (Å²) in [6, 6.07) is 22.4. The van der Waals surface area contributed by atoms with Crippen LogP contribution < -0.4 is 0 Å². The molecule has 1 aliphatic rings. The van der Waals surface area contributed by atoms with E-state index in [-0.39, 0.29) is 30.1 Å². The van der Waals surface area contributed by atoms with Gasteiger partial charge in [0.05, 0.1) is 8.07 Å². The van der Waals surface area contributed by atoms with Crippen molar-refractivity contribution in [1.82, 2.24) is 0 Å². The van der Waals surface area contributed by atoms with E-state index in [4.69, 9.17) is 9.47 Å². The third-order valence-electron chi connectivity index (χ3n) is 9.62. The summed E-state index contributed by atoms with van der Waals surface area (Å²) in [4.78, 5) is 24.1. The van der Waals surface area contributed by atoms with E-state index in [9.17, 15) is 14.7 Å². The lowest BCUT2D eigenvalue weighted by Crippen LogP contribution is -2.34. The van der Waals surface area contributed by atoms with E-state index in [1.54, 1.807) is 26.0 Å². The number of esters is 2. The Hall–Kier alpha value is -3.90. The van der Waals surface area contributed by atoms with E-state index in [0.717, 1.165) is 22.2 Å². The highest BCUT2D eigenvalue weighted by molar-refractivity contribution is 6.78. The average Bonchev–Trinajstić information content (AvgIpc) is 3.06. The Bertz CT molecular complexity index is 1490. The summed E-state index contributed by atoms with van der Waals surface area (Å²) in [6.45, 7) is 17.6. The lowest BCUT2D eigenvalue weighted by Gasteiger charge is -2.38. The first-order chi connectivity index (χ1) is 21.9. The predicted octanol–water partition coefficient (Wildman–Crippen LogP) is 10.5. The van der Waals surface area contributed by atoms with Gasteiger partial charge in [-0.05, 0) is 78.1 Å². The molecular weight excluding hydrogens is 589 g/mol. The molecule has 0 spiro atoms. The quantitative estimate of drug-likeness (QED) is 0.115. The SMILES string of the molecule is C=C(C)C(=O)OCc1cc(-c2ccc(-c3ccc(C4CCC([Si](C)(C)CCCC)CC4)cc3)cc2)cc(COC(=O)C(=C)C)c1O. The van der Waals surface area contributed by atoms with Gasteiger partial charge in [0.25, 0.3) is 0 Å². The van der Waals surface area contributed by atoms with Crippen LogP contribution in [0.1, 0.15) is 81.9 Å². The molecular formula is C40H50O5Si. The number of aromatic hydroxyl groups is 1. The molecule has 6 heteroatoms. The van der Waals surface area contributed by atoms with Gasteiger partial charge in [-0.3, -0.25) is 0 Å². The normalized spacial score (nSPS) is 16.5. The van der Waals surface area contributed by atoms with Crippen LogP contribution in [0.15, 0.2) is 85.0 Å². The highest BCUT2D eigenvalue weighted by Crippen LogP contribution is 2.45. The van der Waals surface area contributed by atoms with Gasteiger partial charge in [-0.2, -0.15) is 0 Å². The number of phenols is 1. The third kappa shape index (κ3) is 8.88. The summed E-state index contributed by atoms with van der Waals surface area (Å²) in [5, 5.41) is 10.9. The van der Waals surface area contributed by atoms with Crippen molar-refractivity contribution in [1.29, 1.82) is 0 Å². The van der Waals surface area contributed by atoms with E-state index < -0.39 is 20.0 Å². The van der Waals surface area contributed by atoms with Crippen molar-refractivity contribution in [3.05, 3.63) is 102 Å². The van der Waals surface area contributed by atoms with Crippen LogP contribution in [-0.2, 0) is 32.3 Å². The summed E-state index contributed by atoms with van der Waals surface area (Å²) >= 11 is 0. The van der Waals surface area contributed by atoms with Crippen LogP contribution in [0.2, 0.25) is 24.7 Å². The first-order valence-corrected chi connectivity index (χ1v) is 19.9. The van der Waals surface area contributed by atoms with Crippen molar-refractivity contribution < 1.29 is 24.2 Å². The summed E-state index contributed by atoms with van der Waals surface area (Å²) in [5.41, 5.74) is 7.79. The van der Waals surface area contributed by atoms with E-state index in [1.807, 2.05) is 12.1 Å². The molecule has 5 nitrogen and oxygen atoms in total. The molecule has 1 N–H and O–H groups in total. The molecule has 0 amide bonds. The second kappa shape index (κ2) is 15.6. The van der Waals surface area contributed by atoms with Crippen molar-refractivity contribution in [2.75, 3.05) is 0 Å². The topological polar surface area (TPSA) is 72.8 Å². The standard InChI is InChI=1S/C40H50O5Si/c1-8-9-22-46(6,7)37-20-18-32(19-21-37)31-12-10-29(11-13-31)30-14-16-33(17-15-30)34-23-35(25-44-39(42)27(2)3)38(41)36(24-34)26-45-40(43)28(4)5/h10-17,23-24,32,37,41H,2,4,8-9,18-22,25-26H2,1,3,5-7H3. The largest absolute Gasteiger partial charge is 0.507 e. The Kier molecular flexibility index (Phi) is 11.9. The first kappa shape index (κ1) is 35.0. The number of benzene rings is 3. The summed E-state index contributed by atoms with van der Waals surface area (Å²) in [6.07, 6.45) is 8.06. The molecule has 0 heterocycles.